The van der Waals surface area contributed by atoms with Crippen LogP contribution in [0.1, 0.15) is 13.3 Å². The molecule has 1 fully saturated rings. The van der Waals surface area contributed by atoms with Crippen LogP contribution in [0.4, 0.5) is 5.82 Å². The molecule has 1 aliphatic rings. The molecule has 2 N–H and O–H groups in total. The average Bonchev–Trinajstić information content (AvgIpc) is 2.87. The Morgan fingerprint density at radius 2 is 2.17 bits per heavy atom. The Hall–Kier alpha value is -1.61. The predicted octanol–water partition coefficient (Wildman–Crippen LogP) is 2.41. The summed E-state index contributed by atoms with van der Waals surface area (Å²) in [6.45, 7) is 4.19. The third-order valence-electron chi connectivity index (χ3n) is 3.92. The van der Waals surface area contributed by atoms with Crippen molar-refractivity contribution in [1.29, 1.82) is 0 Å². The number of nitrogens with zero attached hydrogens (tertiary/aromatic N) is 2. The third kappa shape index (κ3) is 1.95. The molecule has 1 saturated heterocycles. The number of fused-ring (bicyclic) bond motifs is 1. The van der Waals surface area contributed by atoms with Crippen LogP contribution in [0.25, 0.3) is 10.8 Å². The van der Waals surface area contributed by atoms with Crippen LogP contribution in [0.5, 0.6) is 0 Å². The van der Waals surface area contributed by atoms with Crippen molar-refractivity contribution >= 4 is 16.6 Å². The summed E-state index contributed by atoms with van der Waals surface area (Å²) >= 11 is 0. The van der Waals surface area contributed by atoms with Gasteiger partial charge in [0.15, 0.2) is 0 Å². The van der Waals surface area contributed by atoms with E-state index in [9.17, 15) is 0 Å². The van der Waals surface area contributed by atoms with E-state index in [-0.39, 0.29) is 6.04 Å². The Balaban J connectivity index is 1.96. The van der Waals surface area contributed by atoms with Crippen molar-refractivity contribution in [3.05, 3.63) is 36.5 Å². The van der Waals surface area contributed by atoms with Crippen molar-refractivity contribution in [3.63, 3.8) is 0 Å². The number of hydrogen-bond acceptors (Lipinski definition) is 3. The molecule has 0 spiro atoms. The van der Waals surface area contributed by atoms with Gasteiger partial charge in [0.1, 0.15) is 5.82 Å². The Labute approximate surface area is 108 Å². The zero-order chi connectivity index (χ0) is 12.5. The lowest BCUT2D eigenvalue weighted by atomic mass is 10.0. The van der Waals surface area contributed by atoms with Gasteiger partial charge in [-0.15, -0.1) is 0 Å². The lowest BCUT2D eigenvalue weighted by Gasteiger charge is -2.20. The molecule has 18 heavy (non-hydrogen) atoms. The molecule has 3 heteroatoms. The first-order valence-corrected chi connectivity index (χ1v) is 6.60. The van der Waals surface area contributed by atoms with E-state index in [1.807, 2.05) is 6.20 Å². The largest absolute Gasteiger partial charge is 0.356 e. The summed E-state index contributed by atoms with van der Waals surface area (Å²) in [6.07, 6.45) is 3.07. The van der Waals surface area contributed by atoms with Gasteiger partial charge < -0.3 is 10.6 Å². The van der Waals surface area contributed by atoms with Gasteiger partial charge >= 0.3 is 0 Å². The van der Waals surface area contributed by atoms with Gasteiger partial charge in [-0.2, -0.15) is 0 Å². The van der Waals surface area contributed by atoms with Gasteiger partial charge in [0.05, 0.1) is 0 Å². The molecule has 2 aromatic rings. The number of rotatable bonds is 2. The van der Waals surface area contributed by atoms with Gasteiger partial charge in [-0.1, -0.05) is 24.3 Å². The van der Waals surface area contributed by atoms with E-state index in [1.54, 1.807) is 0 Å². The minimum atomic E-state index is 0.268. The van der Waals surface area contributed by atoms with Gasteiger partial charge in [-0.05, 0) is 30.7 Å². The van der Waals surface area contributed by atoms with Crippen LogP contribution in [0.15, 0.2) is 36.5 Å². The number of pyridine rings is 1. The minimum Gasteiger partial charge on any atom is -0.356 e. The topological polar surface area (TPSA) is 42.1 Å². The number of benzene rings is 1. The molecule has 2 heterocycles. The molecule has 0 aliphatic carbocycles. The van der Waals surface area contributed by atoms with Gasteiger partial charge in [-0.3, -0.25) is 0 Å². The highest BCUT2D eigenvalue weighted by molar-refractivity contribution is 5.92. The number of aromatic nitrogens is 1. The van der Waals surface area contributed by atoms with Crippen LogP contribution in [0, 0.1) is 5.92 Å². The molecule has 0 amide bonds. The smallest absolute Gasteiger partial charge is 0.136 e. The summed E-state index contributed by atoms with van der Waals surface area (Å²) < 4.78 is 0. The van der Waals surface area contributed by atoms with E-state index in [0.717, 1.165) is 18.9 Å². The van der Waals surface area contributed by atoms with E-state index in [1.165, 1.54) is 17.2 Å². The van der Waals surface area contributed by atoms with Crippen molar-refractivity contribution in [3.8, 4) is 0 Å². The van der Waals surface area contributed by atoms with Gasteiger partial charge in [-0.25, -0.2) is 4.98 Å². The van der Waals surface area contributed by atoms with E-state index in [4.69, 9.17) is 5.73 Å². The summed E-state index contributed by atoms with van der Waals surface area (Å²) in [5.41, 5.74) is 6.00. The zero-order valence-corrected chi connectivity index (χ0v) is 10.7. The summed E-state index contributed by atoms with van der Waals surface area (Å²) in [7, 11) is 0. The molecule has 0 radical (unpaired) electrons. The first-order valence-electron chi connectivity index (χ1n) is 6.60. The Morgan fingerprint density at radius 1 is 1.33 bits per heavy atom. The number of nitrogens with two attached hydrogens (primary N) is 1. The van der Waals surface area contributed by atoms with Crippen LogP contribution in [0.2, 0.25) is 0 Å². The van der Waals surface area contributed by atoms with Crippen molar-refractivity contribution in [1.82, 2.24) is 4.98 Å². The fourth-order valence-electron chi connectivity index (χ4n) is 2.76. The quantitative estimate of drug-likeness (QED) is 0.878. The molecule has 0 bridgehead atoms. The Morgan fingerprint density at radius 3 is 2.94 bits per heavy atom. The maximum Gasteiger partial charge on any atom is 0.136 e. The second-order valence-corrected chi connectivity index (χ2v) is 5.21. The molecule has 1 aromatic heterocycles. The Kier molecular flexibility index (Phi) is 2.92. The van der Waals surface area contributed by atoms with E-state index < -0.39 is 0 Å². The van der Waals surface area contributed by atoms with Crippen molar-refractivity contribution < 1.29 is 0 Å². The lowest BCUT2D eigenvalue weighted by Crippen LogP contribution is -2.30. The maximum absolute atomic E-state index is 6.00. The van der Waals surface area contributed by atoms with Crippen molar-refractivity contribution in [2.75, 3.05) is 18.0 Å². The molecule has 0 saturated carbocycles. The van der Waals surface area contributed by atoms with Gasteiger partial charge in [0, 0.05) is 30.7 Å². The summed E-state index contributed by atoms with van der Waals surface area (Å²) in [4.78, 5) is 6.94. The van der Waals surface area contributed by atoms with Crippen LogP contribution < -0.4 is 10.6 Å². The molecule has 3 rings (SSSR count). The lowest BCUT2D eigenvalue weighted by molar-refractivity contribution is 0.488. The predicted molar refractivity (Wildman–Crippen MR) is 75.7 cm³/mol. The van der Waals surface area contributed by atoms with E-state index >= 15 is 0 Å². The highest BCUT2D eigenvalue weighted by Gasteiger charge is 2.26. The SMILES string of the molecule is CC(N)C1CCN(c2nccc3ccccc23)C1. The normalized spacial score (nSPS) is 21.4. The standard InChI is InChI=1S/C15H19N3/c1-11(16)13-7-9-18(10-13)15-14-5-3-2-4-12(14)6-8-17-15/h2-6,8,11,13H,7,9-10,16H2,1H3. The minimum absolute atomic E-state index is 0.268. The third-order valence-corrected chi connectivity index (χ3v) is 3.92. The maximum atomic E-state index is 6.00. The fourth-order valence-corrected chi connectivity index (χ4v) is 2.76. The molecule has 3 nitrogen and oxygen atoms in total. The summed E-state index contributed by atoms with van der Waals surface area (Å²) in [5, 5.41) is 2.50. The van der Waals surface area contributed by atoms with Gasteiger partial charge in [0.25, 0.3) is 0 Å². The van der Waals surface area contributed by atoms with E-state index in [2.05, 4.69) is 47.1 Å². The van der Waals surface area contributed by atoms with Crippen LogP contribution in [-0.2, 0) is 0 Å². The van der Waals surface area contributed by atoms with Crippen molar-refractivity contribution in [2.45, 2.75) is 19.4 Å². The summed E-state index contributed by atoms with van der Waals surface area (Å²) in [5.74, 6) is 1.70. The first-order chi connectivity index (χ1) is 8.75. The van der Waals surface area contributed by atoms with Gasteiger partial charge in [0.2, 0.25) is 0 Å². The Bertz CT molecular complexity index is 545. The molecule has 1 aliphatic heterocycles. The van der Waals surface area contributed by atoms with Crippen molar-refractivity contribution in [2.24, 2.45) is 11.7 Å². The van der Waals surface area contributed by atoms with Crippen LogP contribution in [0.3, 0.4) is 0 Å². The summed E-state index contributed by atoms with van der Waals surface area (Å²) in [6, 6.07) is 10.8. The highest BCUT2D eigenvalue weighted by Crippen LogP contribution is 2.29. The first kappa shape index (κ1) is 11.5. The van der Waals surface area contributed by atoms with Crippen LogP contribution >= 0.6 is 0 Å². The number of anilines is 1. The monoisotopic (exact) mass is 241 g/mol. The zero-order valence-electron chi connectivity index (χ0n) is 10.7. The molecular formula is C15H19N3. The molecule has 94 valence electrons. The second kappa shape index (κ2) is 4.58. The molecule has 2 atom stereocenters. The highest BCUT2D eigenvalue weighted by atomic mass is 15.2. The fraction of sp³-hybridized carbons (Fsp3) is 0.400. The number of hydrogen-bond donors (Lipinski definition) is 1. The average molecular weight is 241 g/mol. The second-order valence-electron chi connectivity index (χ2n) is 5.21. The van der Waals surface area contributed by atoms with E-state index in [0.29, 0.717) is 5.92 Å². The van der Waals surface area contributed by atoms with Crippen LogP contribution in [-0.4, -0.2) is 24.1 Å². The molecule has 1 aromatic carbocycles. The molecular weight excluding hydrogens is 222 g/mol. The molecule has 2 unspecified atom stereocenters.